The lowest BCUT2D eigenvalue weighted by Crippen LogP contribution is -2.34. The highest BCUT2D eigenvalue weighted by atomic mass is 16.2. The van der Waals surface area contributed by atoms with Crippen molar-refractivity contribution in [3.8, 4) is 0 Å². The molecular formula is C19H22N4O3. The predicted molar refractivity (Wildman–Crippen MR) is 102 cm³/mol. The van der Waals surface area contributed by atoms with Gasteiger partial charge in [0.2, 0.25) is 5.91 Å². The van der Waals surface area contributed by atoms with Gasteiger partial charge in [0.05, 0.1) is 0 Å². The third-order valence-electron chi connectivity index (χ3n) is 3.58. The Bertz CT molecular complexity index is 783. The largest absolute Gasteiger partial charge is 0.378 e. The zero-order valence-corrected chi connectivity index (χ0v) is 15.0. The van der Waals surface area contributed by atoms with Gasteiger partial charge in [-0.05, 0) is 42.0 Å². The second-order valence-corrected chi connectivity index (χ2v) is 5.96. The van der Waals surface area contributed by atoms with Crippen molar-refractivity contribution in [2.45, 2.75) is 13.5 Å². The number of amides is 3. The van der Waals surface area contributed by atoms with Crippen molar-refractivity contribution in [1.82, 2.24) is 5.32 Å². The Kier molecular flexibility index (Phi) is 6.32. The van der Waals surface area contributed by atoms with Gasteiger partial charge in [0, 0.05) is 44.6 Å². The summed E-state index contributed by atoms with van der Waals surface area (Å²) in [5.74, 6) is -1.64. The maximum atomic E-state index is 11.9. The monoisotopic (exact) mass is 354 g/mol. The third-order valence-corrected chi connectivity index (χ3v) is 3.58. The molecule has 0 unspecified atom stereocenters. The van der Waals surface area contributed by atoms with Crippen LogP contribution in [0.4, 0.5) is 17.1 Å². The van der Waals surface area contributed by atoms with Crippen LogP contribution >= 0.6 is 0 Å². The number of rotatable bonds is 5. The lowest BCUT2D eigenvalue weighted by atomic mass is 10.2. The Balaban J connectivity index is 1.85. The van der Waals surface area contributed by atoms with Crippen LogP contribution in [0.25, 0.3) is 0 Å². The van der Waals surface area contributed by atoms with Gasteiger partial charge in [0.1, 0.15) is 0 Å². The second kappa shape index (κ2) is 8.66. The summed E-state index contributed by atoms with van der Waals surface area (Å²) < 4.78 is 0. The Morgan fingerprint density at radius 3 is 1.85 bits per heavy atom. The van der Waals surface area contributed by atoms with E-state index in [0.717, 1.165) is 11.3 Å². The summed E-state index contributed by atoms with van der Waals surface area (Å²) in [4.78, 5) is 36.8. The van der Waals surface area contributed by atoms with Gasteiger partial charge in [0.25, 0.3) is 0 Å². The van der Waals surface area contributed by atoms with Crippen molar-refractivity contribution in [2.24, 2.45) is 0 Å². The van der Waals surface area contributed by atoms with E-state index in [0.29, 0.717) is 11.4 Å². The molecule has 2 aromatic rings. The van der Waals surface area contributed by atoms with Gasteiger partial charge in [-0.25, -0.2) is 0 Å². The summed E-state index contributed by atoms with van der Waals surface area (Å²) >= 11 is 0. The van der Waals surface area contributed by atoms with Gasteiger partial charge in [0.15, 0.2) is 0 Å². The molecule has 0 bridgehead atoms. The van der Waals surface area contributed by atoms with E-state index in [-0.39, 0.29) is 12.5 Å². The molecule has 0 heterocycles. The van der Waals surface area contributed by atoms with E-state index >= 15 is 0 Å². The van der Waals surface area contributed by atoms with Crippen molar-refractivity contribution in [3.63, 3.8) is 0 Å². The van der Waals surface area contributed by atoms with E-state index in [2.05, 4.69) is 16.0 Å². The molecule has 2 aromatic carbocycles. The molecule has 0 aromatic heterocycles. The lowest BCUT2D eigenvalue weighted by molar-refractivity contribution is -0.136. The fourth-order valence-electron chi connectivity index (χ4n) is 2.20. The normalized spacial score (nSPS) is 9.96. The van der Waals surface area contributed by atoms with Crippen LogP contribution in [0.1, 0.15) is 12.5 Å². The van der Waals surface area contributed by atoms with Crippen LogP contribution in [0.15, 0.2) is 48.5 Å². The molecule has 2 rings (SSSR count). The summed E-state index contributed by atoms with van der Waals surface area (Å²) in [7, 11) is 3.90. The highest BCUT2D eigenvalue weighted by Gasteiger charge is 2.13. The maximum Gasteiger partial charge on any atom is 0.313 e. The molecule has 0 fully saturated rings. The van der Waals surface area contributed by atoms with Crippen LogP contribution in [0.2, 0.25) is 0 Å². The van der Waals surface area contributed by atoms with Gasteiger partial charge in [-0.3, -0.25) is 14.4 Å². The average Bonchev–Trinajstić information content (AvgIpc) is 2.61. The van der Waals surface area contributed by atoms with Crippen molar-refractivity contribution >= 4 is 34.8 Å². The molecule has 0 aliphatic carbocycles. The first-order valence-corrected chi connectivity index (χ1v) is 8.08. The highest BCUT2D eigenvalue weighted by Crippen LogP contribution is 2.14. The Hall–Kier alpha value is -3.35. The van der Waals surface area contributed by atoms with Gasteiger partial charge in [-0.1, -0.05) is 12.1 Å². The zero-order valence-electron chi connectivity index (χ0n) is 15.0. The Morgan fingerprint density at radius 2 is 1.35 bits per heavy atom. The predicted octanol–water partition coefficient (Wildman–Crippen LogP) is 1.97. The number of carbonyl (C=O) groups excluding carboxylic acids is 3. The van der Waals surface area contributed by atoms with Gasteiger partial charge in [-0.15, -0.1) is 0 Å². The van der Waals surface area contributed by atoms with E-state index in [1.54, 1.807) is 24.3 Å². The van der Waals surface area contributed by atoms with Gasteiger partial charge in [-0.2, -0.15) is 0 Å². The molecule has 136 valence electrons. The summed E-state index contributed by atoms with van der Waals surface area (Å²) in [6, 6.07) is 14.2. The van der Waals surface area contributed by atoms with Crippen molar-refractivity contribution in [3.05, 3.63) is 54.1 Å². The summed E-state index contributed by atoms with van der Waals surface area (Å²) in [6.07, 6.45) is 0. The molecular weight excluding hydrogens is 332 g/mol. The number of anilines is 3. The van der Waals surface area contributed by atoms with Crippen molar-refractivity contribution < 1.29 is 14.4 Å². The molecule has 0 aliphatic heterocycles. The van der Waals surface area contributed by atoms with Gasteiger partial charge < -0.3 is 20.9 Å². The molecule has 26 heavy (non-hydrogen) atoms. The quantitative estimate of drug-likeness (QED) is 0.716. The molecule has 7 heteroatoms. The minimum atomic E-state index is -0.748. The Morgan fingerprint density at radius 1 is 0.808 bits per heavy atom. The lowest BCUT2D eigenvalue weighted by Gasteiger charge is -2.13. The zero-order chi connectivity index (χ0) is 19.1. The average molecular weight is 354 g/mol. The molecule has 0 saturated heterocycles. The summed E-state index contributed by atoms with van der Waals surface area (Å²) in [5, 5.41) is 7.72. The molecule has 3 amide bonds. The van der Waals surface area contributed by atoms with E-state index in [9.17, 15) is 14.4 Å². The van der Waals surface area contributed by atoms with E-state index in [1.165, 1.54) is 6.92 Å². The number of benzene rings is 2. The number of nitrogens with one attached hydrogen (secondary N) is 3. The standard InChI is InChI=1S/C19H22N4O3/c1-13(24)21-15-6-8-16(9-7-15)22-19(26)18(25)20-12-14-4-10-17(11-5-14)23(2)3/h4-11H,12H2,1-3H3,(H,20,25)(H,21,24)(H,22,26). The second-order valence-electron chi connectivity index (χ2n) is 5.96. The van der Waals surface area contributed by atoms with E-state index in [4.69, 9.17) is 0 Å². The first-order chi connectivity index (χ1) is 12.3. The molecule has 0 saturated carbocycles. The van der Waals surface area contributed by atoms with Crippen LogP contribution in [0, 0.1) is 0 Å². The van der Waals surface area contributed by atoms with E-state index < -0.39 is 11.8 Å². The van der Waals surface area contributed by atoms with Gasteiger partial charge >= 0.3 is 11.8 Å². The summed E-state index contributed by atoms with van der Waals surface area (Å²) in [6.45, 7) is 1.68. The molecule has 0 atom stereocenters. The SMILES string of the molecule is CC(=O)Nc1ccc(NC(=O)C(=O)NCc2ccc(N(C)C)cc2)cc1. The highest BCUT2D eigenvalue weighted by molar-refractivity contribution is 6.39. The molecule has 7 nitrogen and oxygen atoms in total. The minimum absolute atomic E-state index is 0.181. The van der Waals surface area contributed by atoms with Crippen LogP contribution < -0.4 is 20.9 Å². The minimum Gasteiger partial charge on any atom is -0.378 e. The molecule has 3 N–H and O–H groups in total. The molecule has 0 aliphatic rings. The summed E-state index contributed by atoms with van der Waals surface area (Å²) in [5.41, 5.74) is 3.03. The smallest absolute Gasteiger partial charge is 0.313 e. The fourth-order valence-corrected chi connectivity index (χ4v) is 2.20. The first-order valence-electron chi connectivity index (χ1n) is 8.08. The van der Waals surface area contributed by atoms with E-state index in [1.807, 2.05) is 43.3 Å². The van der Waals surface area contributed by atoms with Crippen LogP contribution in [-0.2, 0) is 20.9 Å². The number of carbonyl (C=O) groups is 3. The van der Waals surface area contributed by atoms with Crippen LogP contribution in [0.5, 0.6) is 0 Å². The van der Waals surface area contributed by atoms with Crippen LogP contribution in [0.3, 0.4) is 0 Å². The topological polar surface area (TPSA) is 90.5 Å². The Labute approximate surface area is 152 Å². The fraction of sp³-hybridized carbons (Fsp3) is 0.211. The number of hydrogen-bond acceptors (Lipinski definition) is 4. The molecule has 0 radical (unpaired) electrons. The maximum absolute atomic E-state index is 11.9. The van der Waals surface area contributed by atoms with Crippen molar-refractivity contribution in [1.29, 1.82) is 0 Å². The number of hydrogen-bond donors (Lipinski definition) is 3. The van der Waals surface area contributed by atoms with Crippen molar-refractivity contribution in [2.75, 3.05) is 29.6 Å². The first kappa shape index (κ1) is 19.0. The molecule has 0 spiro atoms. The third kappa shape index (κ3) is 5.62. The van der Waals surface area contributed by atoms with Crippen LogP contribution in [-0.4, -0.2) is 31.8 Å². The number of nitrogens with zero attached hydrogens (tertiary/aromatic N) is 1.